The summed E-state index contributed by atoms with van der Waals surface area (Å²) >= 11 is 0. The summed E-state index contributed by atoms with van der Waals surface area (Å²) in [4.78, 5) is 10.9. The van der Waals surface area contributed by atoms with E-state index >= 15 is 0 Å². The molecule has 0 aromatic carbocycles. The smallest absolute Gasteiger partial charge is 0.307 e. The Bertz CT molecular complexity index is 542. The summed E-state index contributed by atoms with van der Waals surface area (Å²) in [5, 5.41) is 8.92. The fourth-order valence-corrected chi connectivity index (χ4v) is 4.04. The second kappa shape index (κ2) is 6.83. The van der Waals surface area contributed by atoms with Crippen LogP contribution < -0.4 is 4.72 Å². The van der Waals surface area contributed by atoms with Crippen molar-refractivity contribution in [2.45, 2.75) is 19.8 Å². The van der Waals surface area contributed by atoms with Crippen LogP contribution in [0.3, 0.4) is 0 Å². The van der Waals surface area contributed by atoms with Gasteiger partial charge in [-0.1, -0.05) is 6.92 Å². The first-order chi connectivity index (χ1) is 9.18. The molecule has 1 rings (SSSR count). The summed E-state index contributed by atoms with van der Waals surface area (Å²) in [5.41, 5.74) is 0. The molecule has 0 saturated carbocycles. The quantitative estimate of drug-likeness (QED) is 0.622. The van der Waals surface area contributed by atoms with Gasteiger partial charge in [0.05, 0.1) is 11.7 Å². The maximum absolute atomic E-state index is 12.0. The van der Waals surface area contributed by atoms with Crippen LogP contribution >= 0.6 is 0 Å². The lowest BCUT2D eigenvalue weighted by molar-refractivity contribution is -0.142. The van der Waals surface area contributed by atoms with Crippen LogP contribution in [0.4, 0.5) is 0 Å². The van der Waals surface area contributed by atoms with Gasteiger partial charge in [-0.2, -0.15) is 12.7 Å². The van der Waals surface area contributed by atoms with E-state index in [-0.39, 0.29) is 31.1 Å². The molecule has 20 heavy (non-hydrogen) atoms. The zero-order valence-corrected chi connectivity index (χ0v) is 12.9. The van der Waals surface area contributed by atoms with E-state index in [1.807, 2.05) is 0 Å². The largest absolute Gasteiger partial charge is 0.481 e. The third-order valence-electron chi connectivity index (χ3n) is 3.21. The molecule has 0 aromatic rings. The molecule has 1 fully saturated rings. The molecule has 8 nitrogen and oxygen atoms in total. The molecular weight excluding hydrogens is 308 g/mol. The molecule has 1 aliphatic heterocycles. The van der Waals surface area contributed by atoms with Crippen molar-refractivity contribution in [2.75, 3.05) is 31.1 Å². The molecule has 0 amide bonds. The van der Waals surface area contributed by atoms with Crippen LogP contribution in [0, 0.1) is 5.92 Å². The van der Waals surface area contributed by atoms with Crippen LogP contribution in [0.5, 0.6) is 0 Å². The van der Waals surface area contributed by atoms with Gasteiger partial charge in [0.25, 0.3) is 10.2 Å². The molecule has 0 bridgehead atoms. The standard InChI is InChI=1S/C10H20N2O6S2/c1-2-19(15,16)7-5-11-20(17,18)12-6-3-4-9(8-12)10(13)14/h9,11H,2-8H2,1H3,(H,13,14). The fraction of sp³-hybridized carbons (Fsp3) is 0.900. The van der Waals surface area contributed by atoms with E-state index in [9.17, 15) is 21.6 Å². The van der Waals surface area contributed by atoms with Gasteiger partial charge < -0.3 is 5.11 Å². The van der Waals surface area contributed by atoms with Crippen molar-refractivity contribution in [1.82, 2.24) is 9.03 Å². The summed E-state index contributed by atoms with van der Waals surface area (Å²) in [6, 6.07) is 0. The Morgan fingerprint density at radius 2 is 2.00 bits per heavy atom. The third-order valence-corrected chi connectivity index (χ3v) is 6.50. The van der Waals surface area contributed by atoms with Crippen molar-refractivity contribution in [3.63, 3.8) is 0 Å². The van der Waals surface area contributed by atoms with E-state index in [1.165, 1.54) is 6.92 Å². The van der Waals surface area contributed by atoms with Crippen LogP contribution in [0.15, 0.2) is 0 Å². The molecule has 0 radical (unpaired) electrons. The minimum absolute atomic E-state index is 0.0421. The lowest BCUT2D eigenvalue weighted by atomic mass is 10.0. The minimum atomic E-state index is -3.82. The zero-order chi connectivity index (χ0) is 15.4. The number of carboxylic acid groups (broad SMARTS) is 1. The second-order valence-corrected chi connectivity index (χ2v) is 8.90. The Hall–Kier alpha value is -0.710. The first-order valence-corrected chi connectivity index (χ1v) is 9.62. The summed E-state index contributed by atoms with van der Waals surface area (Å²) in [5.74, 6) is -2.03. The van der Waals surface area contributed by atoms with Gasteiger partial charge in [-0.25, -0.2) is 13.1 Å². The summed E-state index contributed by atoms with van der Waals surface area (Å²) < 4.78 is 49.7. The highest BCUT2D eigenvalue weighted by molar-refractivity contribution is 7.91. The van der Waals surface area contributed by atoms with Gasteiger partial charge in [0.2, 0.25) is 0 Å². The number of hydrogen-bond acceptors (Lipinski definition) is 5. The van der Waals surface area contributed by atoms with Gasteiger partial charge in [0.1, 0.15) is 0 Å². The van der Waals surface area contributed by atoms with E-state index in [2.05, 4.69) is 4.72 Å². The van der Waals surface area contributed by atoms with Gasteiger partial charge in [0, 0.05) is 25.4 Å². The van der Waals surface area contributed by atoms with Crippen LogP contribution in [0.2, 0.25) is 0 Å². The average molecular weight is 328 g/mol. The van der Waals surface area contributed by atoms with Gasteiger partial charge in [-0.05, 0) is 12.8 Å². The molecule has 1 saturated heterocycles. The molecule has 118 valence electrons. The molecule has 1 atom stereocenters. The fourth-order valence-electron chi connectivity index (χ4n) is 1.92. The lowest BCUT2D eigenvalue weighted by Crippen LogP contribution is -2.48. The molecule has 10 heteroatoms. The van der Waals surface area contributed by atoms with Crippen LogP contribution in [-0.2, 0) is 24.8 Å². The third kappa shape index (κ3) is 5.00. The first-order valence-electron chi connectivity index (χ1n) is 6.36. The van der Waals surface area contributed by atoms with Crippen molar-refractivity contribution < 1.29 is 26.7 Å². The number of nitrogens with zero attached hydrogens (tertiary/aromatic N) is 1. The second-order valence-electron chi connectivity index (χ2n) is 4.67. The predicted octanol–water partition coefficient (Wildman–Crippen LogP) is -0.948. The Balaban J connectivity index is 2.58. The van der Waals surface area contributed by atoms with Crippen molar-refractivity contribution in [1.29, 1.82) is 0 Å². The number of hydrogen-bond donors (Lipinski definition) is 2. The molecular formula is C10H20N2O6S2. The van der Waals surface area contributed by atoms with E-state index in [1.54, 1.807) is 0 Å². The van der Waals surface area contributed by atoms with E-state index in [4.69, 9.17) is 5.11 Å². The highest BCUT2D eigenvalue weighted by atomic mass is 32.2. The Morgan fingerprint density at radius 3 is 2.55 bits per heavy atom. The van der Waals surface area contributed by atoms with Crippen LogP contribution in [0.25, 0.3) is 0 Å². The van der Waals surface area contributed by atoms with Crippen molar-refractivity contribution in [2.24, 2.45) is 5.92 Å². The molecule has 2 N–H and O–H groups in total. The lowest BCUT2D eigenvalue weighted by Gasteiger charge is -2.29. The highest BCUT2D eigenvalue weighted by Crippen LogP contribution is 2.18. The van der Waals surface area contributed by atoms with Gasteiger partial charge in [-0.3, -0.25) is 4.79 Å². The van der Waals surface area contributed by atoms with Gasteiger partial charge >= 0.3 is 5.97 Å². The predicted molar refractivity (Wildman–Crippen MR) is 73.2 cm³/mol. The van der Waals surface area contributed by atoms with Gasteiger partial charge in [0.15, 0.2) is 9.84 Å². The highest BCUT2D eigenvalue weighted by Gasteiger charge is 2.32. The molecule has 1 heterocycles. The van der Waals surface area contributed by atoms with E-state index in [0.29, 0.717) is 12.8 Å². The molecule has 0 spiro atoms. The normalized spacial score (nSPS) is 21.8. The maximum Gasteiger partial charge on any atom is 0.307 e. The Kier molecular flexibility index (Phi) is 5.92. The first kappa shape index (κ1) is 17.3. The van der Waals surface area contributed by atoms with E-state index in [0.717, 1.165) is 4.31 Å². The average Bonchev–Trinajstić information content (AvgIpc) is 2.38. The Labute approximate surface area is 119 Å². The zero-order valence-electron chi connectivity index (χ0n) is 11.3. The van der Waals surface area contributed by atoms with Crippen LogP contribution in [0.1, 0.15) is 19.8 Å². The van der Waals surface area contributed by atoms with Crippen LogP contribution in [-0.4, -0.2) is 63.4 Å². The number of sulfone groups is 1. The van der Waals surface area contributed by atoms with E-state index < -0.39 is 31.9 Å². The topological polar surface area (TPSA) is 121 Å². The molecule has 0 aliphatic carbocycles. The number of nitrogens with one attached hydrogen (secondary N) is 1. The van der Waals surface area contributed by atoms with Crippen molar-refractivity contribution >= 4 is 26.0 Å². The number of aliphatic carboxylic acids is 1. The summed E-state index contributed by atoms with van der Waals surface area (Å²) in [6.45, 7) is 1.46. The summed E-state index contributed by atoms with van der Waals surface area (Å²) in [6.07, 6.45) is 0.927. The molecule has 0 aromatic heterocycles. The minimum Gasteiger partial charge on any atom is -0.481 e. The number of carbonyl (C=O) groups is 1. The monoisotopic (exact) mass is 328 g/mol. The van der Waals surface area contributed by atoms with Crippen molar-refractivity contribution in [3.05, 3.63) is 0 Å². The van der Waals surface area contributed by atoms with Gasteiger partial charge in [-0.15, -0.1) is 0 Å². The number of piperidine rings is 1. The number of carboxylic acids is 1. The van der Waals surface area contributed by atoms with Crippen molar-refractivity contribution in [3.8, 4) is 0 Å². The number of rotatable bonds is 7. The summed E-state index contributed by atoms with van der Waals surface area (Å²) in [7, 11) is -7.06. The molecule has 1 aliphatic rings. The maximum atomic E-state index is 12.0. The Morgan fingerprint density at radius 1 is 1.35 bits per heavy atom. The SMILES string of the molecule is CCS(=O)(=O)CCNS(=O)(=O)N1CCCC(C(=O)O)C1. The molecule has 1 unspecified atom stereocenters.